The second kappa shape index (κ2) is 8.58. The number of hydrogen-bond donors (Lipinski definition) is 1. The molecule has 0 bridgehead atoms. The van der Waals surface area contributed by atoms with Gasteiger partial charge in [-0.2, -0.15) is 0 Å². The zero-order valence-corrected chi connectivity index (χ0v) is 13.2. The summed E-state index contributed by atoms with van der Waals surface area (Å²) in [7, 11) is 0. The van der Waals surface area contributed by atoms with Crippen molar-refractivity contribution in [1.29, 1.82) is 0 Å². The SMILES string of the molecule is CCCNC(Cc1ccc(CC)cc1)Cc1cccnc1. The Morgan fingerprint density at radius 3 is 2.29 bits per heavy atom. The number of nitrogens with zero attached hydrogens (tertiary/aromatic N) is 1. The van der Waals surface area contributed by atoms with Crippen molar-refractivity contribution in [2.75, 3.05) is 6.54 Å². The molecule has 2 aromatic rings. The van der Waals surface area contributed by atoms with E-state index in [9.17, 15) is 0 Å². The maximum Gasteiger partial charge on any atom is 0.0300 e. The summed E-state index contributed by atoms with van der Waals surface area (Å²) in [4.78, 5) is 4.22. The zero-order chi connectivity index (χ0) is 14.9. The van der Waals surface area contributed by atoms with Gasteiger partial charge in [0.25, 0.3) is 0 Å². The summed E-state index contributed by atoms with van der Waals surface area (Å²) in [6, 6.07) is 13.7. The van der Waals surface area contributed by atoms with E-state index in [-0.39, 0.29) is 0 Å². The van der Waals surface area contributed by atoms with Crippen LogP contribution in [0.25, 0.3) is 0 Å². The Hall–Kier alpha value is -1.67. The molecule has 1 N–H and O–H groups in total. The number of benzene rings is 1. The Labute approximate surface area is 128 Å². The highest BCUT2D eigenvalue weighted by Gasteiger charge is 2.10. The van der Waals surface area contributed by atoms with Gasteiger partial charge in [-0.3, -0.25) is 4.98 Å². The van der Waals surface area contributed by atoms with Gasteiger partial charge in [0.15, 0.2) is 0 Å². The molecular formula is C19H26N2. The van der Waals surface area contributed by atoms with Gasteiger partial charge < -0.3 is 5.32 Å². The maximum atomic E-state index is 4.22. The van der Waals surface area contributed by atoms with Gasteiger partial charge in [-0.15, -0.1) is 0 Å². The quantitative estimate of drug-likeness (QED) is 0.796. The number of nitrogens with one attached hydrogen (secondary N) is 1. The van der Waals surface area contributed by atoms with Crippen LogP contribution in [-0.4, -0.2) is 17.6 Å². The van der Waals surface area contributed by atoms with E-state index in [1.807, 2.05) is 18.5 Å². The normalized spacial score (nSPS) is 12.3. The van der Waals surface area contributed by atoms with Crippen LogP contribution >= 0.6 is 0 Å². The minimum atomic E-state index is 0.474. The van der Waals surface area contributed by atoms with Crippen molar-refractivity contribution < 1.29 is 0 Å². The molecule has 2 heteroatoms. The lowest BCUT2D eigenvalue weighted by atomic mass is 9.98. The van der Waals surface area contributed by atoms with E-state index in [2.05, 4.69) is 54.5 Å². The van der Waals surface area contributed by atoms with Crippen LogP contribution in [0.1, 0.15) is 37.0 Å². The number of rotatable bonds is 8. The summed E-state index contributed by atoms with van der Waals surface area (Å²) < 4.78 is 0. The van der Waals surface area contributed by atoms with Gasteiger partial charge in [0.05, 0.1) is 0 Å². The van der Waals surface area contributed by atoms with Gasteiger partial charge in [0.1, 0.15) is 0 Å². The Morgan fingerprint density at radius 2 is 1.67 bits per heavy atom. The minimum Gasteiger partial charge on any atom is -0.313 e. The summed E-state index contributed by atoms with van der Waals surface area (Å²) >= 11 is 0. The number of aryl methyl sites for hydroxylation is 1. The summed E-state index contributed by atoms with van der Waals surface area (Å²) in [6.07, 6.45) is 8.18. The van der Waals surface area contributed by atoms with Crippen molar-refractivity contribution in [3.05, 3.63) is 65.5 Å². The van der Waals surface area contributed by atoms with E-state index in [1.54, 1.807) is 0 Å². The molecule has 0 saturated heterocycles. The smallest absolute Gasteiger partial charge is 0.0300 e. The molecule has 0 radical (unpaired) electrons. The number of pyridine rings is 1. The Bertz CT molecular complexity index is 505. The third-order valence-electron chi connectivity index (χ3n) is 3.80. The highest BCUT2D eigenvalue weighted by Crippen LogP contribution is 2.11. The third kappa shape index (κ3) is 5.31. The largest absolute Gasteiger partial charge is 0.313 e. The van der Waals surface area contributed by atoms with Gasteiger partial charge in [-0.25, -0.2) is 0 Å². The number of hydrogen-bond acceptors (Lipinski definition) is 2. The third-order valence-corrected chi connectivity index (χ3v) is 3.80. The second-order valence-electron chi connectivity index (χ2n) is 5.59. The lowest BCUT2D eigenvalue weighted by molar-refractivity contribution is 0.504. The van der Waals surface area contributed by atoms with Crippen LogP contribution in [0.3, 0.4) is 0 Å². The first-order valence-corrected chi connectivity index (χ1v) is 8.02. The predicted octanol–water partition coefficient (Wildman–Crippen LogP) is 3.80. The summed E-state index contributed by atoms with van der Waals surface area (Å²) in [5.41, 5.74) is 4.12. The summed E-state index contributed by atoms with van der Waals surface area (Å²) in [5.74, 6) is 0. The Kier molecular flexibility index (Phi) is 6.42. The topological polar surface area (TPSA) is 24.9 Å². The molecule has 0 aliphatic heterocycles. The Morgan fingerprint density at radius 1 is 0.952 bits per heavy atom. The van der Waals surface area contributed by atoms with E-state index in [0.717, 1.165) is 32.2 Å². The average molecular weight is 282 g/mol. The molecule has 0 aliphatic carbocycles. The predicted molar refractivity (Wildman–Crippen MR) is 89.5 cm³/mol. The highest BCUT2D eigenvalue weighted by atomic mass is 14.9. The molecule has 2 rings (SSSR count). The number of aromatic nitrogens is 1. The van der Waals surface area contributed by atoms with Crippen molar-refractivity contribution in [3.8, 4) is 0 Å². The lowest BCUT2D eigenvalue weighted by Gasteiger charge is -2.19. The fourth-order valence-corrected chi connectivity index (χ4v) is 2.56. The fourth-order valence-electron chi connectivity index (χ4n) is 2.56. The van der Waals surface area contributed by atoms with E-state index in [0.29, 0.717) is 6.04 Å². The first-order chi connectivity index (χ1) is 10.3. The maximum absolute atomic E-state index is 4.22. The van der Waals surface area contributed by atoms with Crippen molar-refractivity contribution in [1.82, 2.24) is 10.3 Å². The zero-order valence-electron chi connectivity index (χ0n) is 13.2. The minimum absolute atomic E-state index is 0.474. The van der Waals surface area contributed by atoms with Crippen molar-refractivity contribution >= 4 is 0 Å². The van der Waals surface area contributed by atoms with Gasteiger partial charge in [0, 0.05) is 18.4 Å². The first-order valence-electron chi connectivity index (χ1n) is 8.02. The first kappa shape index (κ1) is 15.7. The van der Waals surface area contributed by atoms with Gasteiger partial charge in [0.2, 0.25) is 0 Å². The molecule has 1 unspecified atom stereocenters. The molecule has 21 heavy (non-hydrogen) atoms. The second-order valence-corrected chi connectivity index (χ2v) is 5.59. The van der Waals surface area contributed by atoms with Crippen molar-refractivity contribution in [2.45, 2.75) is 45.6 Å². The molecule has 0 fully saturated rings. The van der Waals surface area contributed by atoms with Crippen LogP contribution in [-0.2, 0) is 19.3 Å². The highest BCUT2D eigenvalue weighted by molar-refractivity contribution is 5.23. The fraction of sp³-hybridized carbons (Fsp3) is 0.421. The van der Waals surface area contributed by atoms with E-state index < -0.39 is 0 Å². The standard InChI is InChI=1S/C19H26N2/c1-3-11-21-19(14-18-6-5-12-20-15-18)13-17-9-7-16(4-2)8-10-17/h5-10,12,15,19,21H,3-4,11,13-14H2,1-2H3. The molecule has 0 aliphatic rings. The molecule has 1 atom stereocenters. The molecule has 1 aromatic heterocycles. The van der Waals surface area contributed by atoms with Gasteiger partial charge in [-0.05, 0) is 55.0 Å². The molecule has 112 valence electrons. The lowest BCUT2D eigenvalue weighted by Crippen LogP contribution is -2.33. The van der Waals surface area contributed by atoms with E-state index in [1.165, 1.54) is 16.7 Å². The molecule has 2 nitrogen and oxygen atoms in total. The van der Waals surface area contributed by atoms with E-state index in [4.69, 9.17) is 0 Å². The van der Waals surface area contributed by atoms with Crippen molar-refractivity contribution in [2.24, 2.45) is 0 Å². The molecule has 1 aromatic carbocycles. The van der Waals surface area contributed by atoms with Crippen LogP contribution in [0.15, 0.2) is 48.8 Å². The average Bonchev–Trinajstić information content (AvgIpc) is 2.54. The monoisotopic (exact) mass is 282 g/mol. The van der Waals surface area contributed by atoms with Crippen LogP contribution in [0.5, 0.6) is 0 Å². The molecule has 0 amide bonds. The van der Waals surface area contributed by atoms with Gasteiger partial charge in [-0.1, -0.05) is 44.2 Å². The Balaban J connectivity index is 2.00. The van der Waals surface area contributed by atoms with Gasteiger partial charge >= 0.3 is 0 Å². The molecule has 0 spiro atoms. The van der Waals surface area contributed by atoms with Crippen LogP contribution in [0.4, 0.5) is 0 Å². The molecule has 1 heterocycles. The molecule has 0 saturated carbocycles. The molecular weight excluding hydrogens is 256 g/mol. The van der Waals surface area contributed by atoms with E-state index >= 15 is 0 Å². The van der Waals surface area contributed by atoms with Crippen molar-refractivity contribution in [3.63, 3.8) is 0 Å². The summed E-state index contributed by atoms with van der Waals surface area (Å²) in [6.45, 7) is 5.48. The van der Waals surface area contributed by atoms with Crippen LogP contribution in [0.2, 0.25) is 0 Å². The summed E-state index contributed by atoms with van der Waals surface area (Å²) in [5, 5.41) is 3.67. The van der Waals surface area contributed by atoms with Crippen LogP contribution in [0, 0.1) is 0 Å². The van der Waals surface area contributed by atoms with Crippen LogP contribution < -0.4 is 5.32 Å².